The highest BCUT2D eigenvalue weighted by Crippen LogP contribution is 2.47. The third-order valence-electron chi connectivity index (χ3n) is 10.8. The van der Waals surface area contributed by atoms with Gasteiger partial charge in [-0.15, -0.1) is 0 Å². The molecular weight excluding hydrogens is 824 g/mol. The van der Waals surface area contributed by atoms with Crippen molar-refractivity contribution in [2.24, 2.45) is 0 Å². The van der Waals surface area contributed by atoms with Gasteiger partial charge in [0, 0.05) is 13.0 Å². The van der Waals surface area contributed by atoms with E-state index in [-0.39, 0.29) is 13.0 Å². The fourth-order valence-electron chi connectivity index (χ4n) is 7.01. The average Bonchev–Trinajstić information content (AvgIpc) is 3.27. The third kappa shape index (κ3) is 32.2. The molecule has 6 N–H and O–H groups in total. The summed E-state index contributed by atoms with van der Waals surface area (Å²) in [7, 11) is -5.03. The summed E-state index contributed by atoms with van der Waals surface area (Å²) in [6, 6.07) is 0. The topological polar surface area (TPSA) is 192 Å². The van der Waals surface area contributed by atoms with Gasteiger partial charge in [0.1, 0.15) is 42.7 Å². The van der Waals surface area contributed by atoms with Crippen molar-refractivity contribution in [2.45, 2.75) is 217 Å². The number of esters is 1. The van der Waals surface area contributed by atoms with Gasteiger partial charge in [-0.05, 0) is 64.2 Å². The molecule has 0 bridgehead atoms. The van der Waals surface area contributed by atoms with Crippen LogP contribution in [0.5, 0.6) is 0 Å². The van der Waals surface area contributed by atoms with Crippen LogP contribution in [-0.2, 0) is 27.9 Å². The predicted octanol–water partition coefficient (Wildman–Crippen LogP) is 10.4. The number of rotatable bonds is 40. The van der Waals surface area contributed by atoms with Gasteiger partial charge in [-0.1, -0.05) is 177 Å². The molecule has 6 unspecified atom stereocenters. The number of phosphoric ester groups is 1. The Morgan fingerprint density at radius 2 is 0.937 bits per heavy atom. The fourth-order valence-corrected chi connectivity index (χ4v) is 7.98. The molecule has 1 rings (SSSR count). The van der Waals surface area contributed by atoms with Gasteiger partial charge in [-0.2, -0.15) is 0 Å². The van der Waals surface area contributed by atoms with Gasteiger partial charge in [-0.3, -0.25) is 13.8 Å². The number of unbranched alkanes of at least 4 members (excludes halogenated alkanes) is 16. The molecule has 13 heteroatoms. The van der Waals surface area contributed by atoms with Crippen molar-refractivity contribution in [3.8, 4) is 0 Å². The predicted molar refractivity (Wildman–Crippen MR) is 253 cm³/mol. The Morgan fingerprint density at radius 1 is 0.524 bits per heavy atom. The molecule has 0 aromatic heterocycles. The van der Waals surface area contributed by atoms with Gasteiger partial charge in [0.25, 0.3) is 0 Å². The maximum Gasteiger partial charge on any atom is 0.472 e. The zero-order chi connectivity index (χ0) is 46.2. The number of hydrogen-bond donors (Lipinski definition) is 6. The molecule has 12 nitrogen and oxygen atoms in total. The van der Waals surface area contributed by atoms with Crippen LogP contribution < -0.4 is 0 Å². The summed E-state index contributed by atoms with van der Waals surface area (Å²) in [5, 5.41) is 50.2. The lowest BCUT2D eigenvalue weighted by atomic mass is 9.85. The van der Waals surface area contributed by atoms with E-state index in [1.807, 2.05) is 0 Å². The molecule has 6 atom stereocenters. The van der Waals surface area contributed by atoms with Gasteiger partial charge in [0.05, 0.1) is 13.2 Å². The second kappa shape index (κ2) is 40.1. The van der Waals surface area contributed by atoms with E-state index in [4.69, 9.17) is 18.5 Å². The number of aliphatic hydroxyl groups is 5. The first-order valence-corrected chi connectivity index (χ1v) is 25.8. The number of aliphatic hydroxyl groups excluding tert-OH is 5. The van der Waals surface area contributed by atoms with Crippen LogP contribution >= 0.6 is 7.82 Å². The Kier molecular flexibility index (Phi) is 37.4. The SMILES string of the molecule is CC/C=C\C/C=C\C/C=C\C/C=C\C/C=C\C/C=C\CCCCC(=O)OC(COCCCCCCCCCCCCCCCCC)COP(=O)(O)OC1C(O)C(O)C(O)C(O)C1O. The van der Waals surface area contributed by atoms with Gasteiger partial charge in [0.15, 0.2) is 0 Å². The first-order valence-electron chi connectivity index (χ1n) is 24.3. The second-order valence-electron chi connectivity index (χ2n) is 16.6. The van der Waals surface area contributed by atoms with E-state index in [1.165, 1.54) is 77.0 Å². The Balaban J connectivity index is 2.42. The number of hydrogen-bond acceptors (Lipinski definition) is 11. The zero-order valence-corrected chi connectivity index (χ0v) is 39.7. The number of ether oxygens (including phenoxy) is 2. The molecule has 0 saturated heterocycles. The zero-order valence-electron chi connectivity index (χ0n) is 38.8. The highest BCUT2D eigenvalue weighted by atomic mass is 31.2. The molecule has 1 fully saturated rings. The molecule has 1 saturated carbocycles. The summed E-state index contributed by atoms with van der Waals surface area (Å²) in [5.41, 5.74) is 0. The van der Waals surface area contributed by atoms with Gasteiger partial charge in [0.2, 0.25) is 0 Å². The maximum absolute atomic E-state index is 12.8. The molecule has 0 aromatic carbocycles. The summed E-state index contributed by atoms with van der Waals surface area (Å²) in [4.78, 5) is 23.2. The third-order valence-corrected chi connectivity index (χ3v) is 11.8. The molecule has 63 heavy (non-hydrogen) atoms. The van der Waals surface area contributed by atoms with Crippen molar-refractivity contribution in [2.75, 3.05) is 19.8 Å². The quantitative estimate of drug-likeness (QED) is 0.0148. The van der Waals surface area contributed by atoms with Crippen molar-refractivity contribution in [3.05, 3.63) is 72.9 Å². The van der Waals surface area contributed by atoms with E-state index in [1.54, 1.807) is 0 Å². The summed E-state index contributed by atoms with van der Waals surface area (Å²) >= 11 is 0. The summed E-state index contributed by atoms with van der Waals surface area (Å²) in [6.45, 7) is 4.10. The van der Waals surface area contributed by atoms with Crippen molar-refractivity contribution < 1.29 is 58.3 Å². The Hall–Kier alpha value is -2.22. The number of phosphoric acid groups is 1. The van der Waals surface area contributed by atoms with E-state index in [9.17, 15) is 39.8 Å². The summed E-state index contributed by atoms with van der Waals surface area (Å²) < 4.78 is 34.2. The molecular formula is C50H87O12P. The van der Waals surface area contributed by atoms with Crippen LogP contribution in [0.25, 0.3) is 0 Å². The van der Waals surface area contributed by atoms with Gasteiger partial charge in [-0.25, -0.2) is 4.57 Å². The summed E-state index contributed by atoms with van der Waals surface area (Å²) in [5.74, 6) is -0.519. The molecule has 0 aromatic rings. The lowest BCUT2D eigenvalue weighted by Crippen LogP contribution is -2.64. The van der Waals surface area contributed by atoms with Crippen molar-refractivity contribution >= 4 is 13.8 Å². The van der Waals surface area contributed by atoms with Crippen LogP contribution in [0.3, 0.4) is 0 Å². The number of allylic oxidation sites excluding steroid dienone is 12. The highest BCUT2D eigenvalue weighted by Gasteiger charge is 2.51. The van der Waals surface area contributed by atoms with Gasteiger partial charge < -0.3 is 39.9 Å². The van der Waals surface area contributed by atoms with E-state index in [0.29, 0.717) is 13.0 Å². The van der Waals surface area contributed by atoms with E-state index >= 15 is 0 Å². The normalized spacial score (nSPS) is 22.5. The van der Waals surface area contributed by atoms with Crippen molar-refractivity contribution in [1.29, 1.82) is 0 Å². The number of carbonyl (C=O) groups excluding carboxylic acids is 1. The van der Waals surface area contributed by atoms with Crippen LogP contribution in [0.2, 0.25) is 0 Å². The van der Waals surface area contributed by atoms with E-state index in [2.05, 4.69) is 86.8 Å². The van der Waals surface area contributed by atoms with E-state index < -0.39 is 63.1 Å². The van der Waals surface area contributed by atoms with Crippen LogP contribution in [0.1, 0.15) is 174 Å². The minimum absolute atomic E-state index is 0.0961. The second-order valence-corrected chi connectivity index (χ2v) is 18.0. The molecule has 0 spiro atoms. The molecule has 1 aliphatic rings. The minimum Gasteiger partial charge on any atom is -0.457 e. The average molecular weight is 911 g/mol. The standard InChI is InChI=1S/C50H87O12P/c1-3-5-7-9-11-13-15-17-19-20-21-22-23-24-25-27-29-31-33-35-37-39-44(51)61-43(42-60-63(57,58)62-50-48(55)46(53)45(52)47(54)49(50)56)41-59-40-38-36-34-32-30-28-26-18-16-14-12-10-8-6-4-2/h5,7,11,13,17,19,21-22,24-25,29,31,43,45-50,52-56H,3-4,6,8-10,12,14-16,18,20,23,26-28,30,32-42H2,1-2H3,(H,57,58)/b7-5-,13-11-,19-17-,22-21-,25-24-,31-29-. The molecule has 1 aliphatic carbocycles. The van der Waals surface area contributed by atoms with Crippen LogP contribution in [0.4, 0.5) is 0 Å². The minimum atomic E-state index is -5.03. The van der Waals surface area contributed by atoms with E-state index in [0.717, 1.165) is 70.6 Å². The lowest BCUT2D eigenvalue weighted by Gasteiger charge is -2.41. The first kappa shape index (κ1) is 58.8. The first-order chi connectivity index (χ1) is 30.5. The molecule has 364 valence electrons. The van der Waals surface area contributed by atoms with Crippen molar-refractivity contribution in [3.63, 3.8) is 0 Å². The molecule has 0 aliphatic heterocycles. The van der Waals surface area contributed by atoms with Gasteiger partial charge >= 0.3 is 13.8 Å². The van der Waals surface area contributed by atoms with Crippen LogP contribution in [-0.4, -0.2) is 98.9 Å². The Morgan fingerprint density at radius 3 is 1.40 bits per heavy atom. The van der Waals surface area contributed by atoms with Crippen LogP contribution in [0, 0.1) is 0 Å². The summed E-state index contributed by atoms with van der Waals surface area (Å²) in [6.07, 6.45) is 39.7. The van der Waals surface area contributed by atoms with Crippen molar-refractivity contribution in [1.82, 2.24) is 0 Å². The molecule has 0 radical (unpaired) electrons. The largest absolute Gasteiger partial charge is 0.472 e. The fraction of sp³-hybridized carbons (Fsp3) is 0.740. The molecule has 0 heterocycles. The number of carbonyl (C=O) groups is 1. The smallest absolute Gasteiger partial charge is 0.457 e. The highest BCUT2D eigenvalue weighted by molar-refractivity contribution is 7.47. The Bertz CT molecular complexity index is 1310. The van der Waals surface area contributed by atoms with Crippen LogP contribution in [0.15, 0.2) is 72.9 Å². The molecule has 0 amide bonds. The maximum atomic E-state index is 12.8. The Labute approximate surface area is 380 Å². The monoisotopic (exact) mass is 911 g/mol. The lowest BCUT2D eigenvalue weighted by molar-refractivity contribution is -0.220.